The summed E-state index contributed by atoms with van der Waals surface area (Å²) in [6, 6.07) is 3.75. The largest absolute Gasteiger partial charge is 0.467 e. The fourth-order valence-electron chi connectivity index (χ4n) is 2.51. The molecule has 0 radical (unpaired) electrons. The average molecular weight is 289 g/mol. The zero-order chi connectivity index (χ0) is 14.7. The van der Waals surface area contributed by atoms with Crippen molar-refractivity contribution >= 4 is 5.91 Å². The predicted molar refractivity (Wildman–Crippen MR) is 75.8 cm³/mol. The highest BCUT2D eigenvalue weighted by molar-refractivity contribution is 5.92. The predicted octanol–water partition coefficient (Wildman–Crippen LogP) is 1.29. The number of carbonyl (C=O) groups excluding carboxylic acids is 1. The van der Waals surface area contributed by atoms with Crippen LogP contribution >= 0.6 is 0 Å². The Labute approximate surface area is 122 Å². The summed E-state index contributed by atoms with van der Waals surface area (Å²) in [6.45, 7) is 3.82. The maximum atomic E-state index is 12.2. The number of carbonyl (C=O) groups is 1. The van der Waals surface area contributed by atoms with E-state index in [9.17, 15) is 4.79 Å². The van der Waals surface area contributed by atoms with Crippen LogP contribution in [0.5, 0.6) is 0 Å². The summed E-state index contributed by atoms with van der Waals surface area (Å²) < 4.78 is 7.07. The van der Waals surface area contributed by atoms with Gasteiger partial charge in [0.25, 0.3) is 5.91 Å². The highest BCUT2D eigenvalue weighted by atomic mass is 16.3. The van der Waals surface area contributed by atoms with Gasteiger partial charge in [0.2, 0.25) is 0 Å². The SMILES string of the molecule is CC(NC(=O)c1cn(C2CCNCC2)nn1)c1ccco1. The lowest BCUT2D eigenvalue weighted by atomic mass is 10.1. The summed E-state index contributed by atoms with van der Waals surface area (Å²) in [5.74, 6) is 0.480. The molecule has 21 heavy (non-hydrogen) atoms. The average Bonchev–Trinajstić information content (AvgIpc) is 3.20. The van der Waals surface area contributed by atoms with E-state index in [1.54, 1.807) is 23.2 Å². The lowest BCUT2D eigenvalue weighted by Crippen LogP contribution is -2.29. The first kappa shape index (κ1) is 13.8. The van der Waals surface area contributed by atoms with E-state index in [1.165, 1.54) is 0 Å². The fraction of sp³-hybridized carbons (Fsp3) is 0.500. The Morgan fingerprint density at radius 2 is 2.33 bits per heavy atom. The lowest BCUT2D eigenvalue weighted by Gasteiger charge is -2.22. The Hall–Kier alpha value is -2.15. The van der Waals surface area contributed by atoms with Gasteiger partial charge in [-0.15, -0.1) is 5.10 Å². The Morgan fingerprint density at radius 1 is 1.52 bits per heavy atom. The van der Waals surface area contributed by atoms with Gasteiger partial charge >= 0.3 is 0 Å². The minimum absolute atomic E-state index is 0.198. The van der Waals surface area contributed by atoms with Crippen LogP contribution < -0.4 is 10.6 Å². The van der Waals surface area contributed by atoms with Crippen molar-refractivity contribution in [1.29, 1.82) is 0 Å². The molecule has 0 spiro atoms. The molecular weight excluding hydrogens is 270 g/mol. The second-order valence-corrected chi connectivity index (χ2v) is 5.28. The molecule has 1 saturated heterocycles. The molecule has 2 aromatic rings. The normalized spacial score (nSPS) is 17.6. The molecule has 2 N–H and O–H groups in total. The van der Waals surface area contributed by atoms with Crippen LogP contribution in [0.1, 0.15) is 48.1 Å². The molecule has 7 heteroatoms. The molecule has 1 amide bonds. The molecule has 1 fully saturated rings. The summed E-state index contributed by atoms with van der Waals surface area (Å²) in [4.78, 5) is 12.2. The Balaban J connectivity index is 1.63. The number of amides is 1. The van der Waals surface area contributed by atoms with Crippen LogP contribution in [0.15, 0.2) is 29.0 Å². The topological polar surface area (TPSA) is 85.0 Å². The number of aromatic nitrogens is 3. The maximum absolute atomic E-state index is 12.2. The Kier molecular flexibility index (Phi) is 4.01. The quantitative estimate of drug-likeness (QED) is 0.886. The fourth-order valence-corrected chi connectivity index (χ4v) is 2.51. The van der Waals surface area contributed by atoms with Gasteiger partial charge in [-0.05, 0) is 45.0 Å². The number of nitrogens with one attached hydrogen (secondary N) is 2. The molecule has 1 unspecified atom stereocenters. The van der Waals surface area contributed by atoms with Gasteiger partial charge in [0, 0.05) is 0 Å². The van der Waals surface area contributed by atoms with Crippen molar-refractivity contribution in [2.24, 2.45) is 0 Å². The van der Waals surface area contributed by atoms with Gasteiger partial charge in [0.05, 0.1) is 24.5 Å². The van der Waals surface area contributed by atoms with Gasteiger partial charge in [0.1, 0.15) is 5.76 Å². The molecule has 1 aliphatic rings. The summed E-state index contributed by atoms with van der Waals surface area (Å²) >= 11 is 0. The van der Waals surface area contributed by atoms with Crippen LogP contribution in [0.3, 0.4) is 0 Å². The third-order valence-corrected chi connectivity index (χ3v) is 3.74. The van der Waals surface area contributed by atoms with Gasteiger partial charge in [-0.1, -0.05) is 5.21 Å². The van der Waals surface area contributed by atoms with Gasteiger partial charge in [-0.2, -0.15) is 0 Å². The zero-order valence-corrected chi connectivity index (χ0v) is 12.0. The minimum Gasteiger partial charge on any atom is -0.467 e. The van der Waals surface area contributed by atoms with E-state index in [0.717, 1.165) is 25.9 Å². The molecule has 1 aliphatic heterocycles. The molecule has 3 heterocycles. The van der Waals surface area contributed by atoms with Crippen molar-refractivity contribution in [2.45, 2.75) is 31.8 Å². The minimum atomic E-state index is -0.237. The summed E-state index contributed by atoms with van der Waals surface area (Å²) in [6.07, 6.45) is 5.33. The highest BCUT2D eigenvalue weighted by Crippen LogP contribution is 2.17. The van der Waals surface area contributed by atoms with Crippen molar-refractivity contribution in [3.63, 3.8) is 0 Å². The van der Waals surface area contributed by atoms with Crippen LogP contribution in [0.2, 0.25) is 0 Å². The van der Waals surface area contributed by atoms with Gasteiger partial charge in [-0.25, -0.2) is 4.68 Å². The van der Waals surface area contributed by atoms with E-state index in [-0.39, 0.29) is 11.9 Å². The van der Waals surface area contributed by atoms with Crippen molar-refractivity contribution in [3.8, 4) is 0 Å². The van der Waals surface area contributed by atoms with E-state index >= 15 is 0 Å². The first-order valence-electron chi connectivity index (χ1n) is 7.21. The van der Waals surface area contributed by atoms with E-state index in [0.29, 0.717) is 17.5 Å². The number of rotatable bonds is 4. The van der Waals surface area contributed by atoms with Crippen molar-refractivity contribution < 1.29 is 9.21 Å². The standard InChI is InChI=1S/C14H19N5O2/c1-10(13-3-2-8-21-13)16-14(20)12-9-19(18-17-12)11-4-6-15-7-5-11/h2-3,8-11,15H,4-7H2,1H3,(H,16,20). The van der Waals surface area contributed by atoms with Crippen molar-refractivity contribution in [2.75, 3.05) is 13.1 Å². The van der Waals surface area contributed by atoms with Crippen molar-refractivity contribution in [3.05, 3.63) is 36.0 Å². The third-order valence-electron chi connectivity index (χ3n) is 3.74. The third kappa shape index (κ3) is 3.13. The molecule has 2 aromatic heterocycles. The first-order valence-corrected chi connectivity index (χ1v) is 7.21. The molecular formula is C14H19N5O2. The van der Waals surface area contributed by atoms with E-state index in [2.05, 4.69) is 20.9 Å². The van der Waals surface area contributed by atoms with E-state index in [4.69, 9.17) is 4.42 Å². The van der Waals surface area contributed by atoms with Crippen LogP contribution in [-0.4, -0.2) is 34.0 Å². The number of piperidine rings is 1. The highest BCUT2D eigenvalue weighted by Gasteiger charge is 2.20. The molecule has 0 saturated carbocycles. The monoisotopic (exact) mass is 289 g/mol. The molecule has 3 rings (SSSR count). The molecule has 0 bridgehead atoms. The number of nitrogens with zero attached hydrogens (tertiary/aromatic N) is 3. The van der Waals surface area contributed by atoms with Crippen LogP contribution in [0, 0.1) is 0 Å². The molecule has 0 aromatic carbocycles. The molecule has 1 atom stereocenters. The van der Waals surface area contributed by atoms with Crippen LogP contribution in [0.4, 0.5) is 0 Å². The summed E-state index contributed by atoms with van der Waals surface area (Å²) in [5, 5.41) is 14.2. The van der Waals surface area contributed by atoms with Crippen molar-refractivity contribution in [1.82, 2.24) is 25.6 Å². The number of hydrogen-bond acceptors (Lipinski definition) is 5. The first-order chi connectivity index (χ1) is 10.2. The smallest absolute Gasteiger partial charge is 0.274 e. The second kappa shape index (κ2) is 6.09. The summed E-state index contributed by atoms with van der Waals surface area (Å²) in [5.41, 5.74) is 0.340. The second-order valence-electron chi connectivity index (χ2n) is 5.28. The summed E-state index contributed by atoms with van der Waals surface area (Å²) in [7, 11) is 0. The van der Waals surface area contributed by atoms with Crippen LogP contribution in [-0.2, 0) is 0 Å². The number of hydrogen-bond donors (Lipinski definition) is 2. The molecule has 7 nitrogen and oxygen atoms in total. The Morgan fingerprint density at radius 3 is 3.05 bits per heavy atom. The lowest BCUT2D eigenvalue weighted by molar-refractivity contribution is 0.0930. The Bertz CT molecular complexity index is 586. The van der Waals surface area contributed by atoms with Gasteiger partial charge < -0.3 is 15.1 Å². The van der Waals surface area contributed by atoms with Gasteiger partial charge in [-0.3, -0.25) is 4.79 Å². The molecule has 112 valence electrons. The zero-order valence-electron chi connectivity index (χ0n) is 12.0. The van der Waals surface area contributed by atoms with E-state index in [1.807, 2.05) is 13.0 Å². The van der Waals surface area contributed by atoms with Gasteiger partial charge in [0.15, 0.2) is 5.69 Å². The van der Waals surface area contributed by atoms with E-state index < -0.39 is 0 Å². The van der Waals surface area contributed by atoms with Crippen LogP contribution in [0.25, 0.3) is 0 Å². The number of furan rings is 1. The molecule has 0 aliphatic carbocycles. The maximum Gasteiger partial charge on any atom is 0.274 e.